The second-order valence-corrected chi connectivity index (χ2v) is 4.79. The molecule has 0 saturated carbocycles. The highest BCUT2D eigenvalue weighted by Crippen LogP contribution is 2.21. The first kappa shape index (κ1) is 10.5. The summed E-state index contributed by atoms with van der Waals surface area (Å²) < 4.78 is 2.00. The van der Waals surface area contributed by atoms with E-state index < -0.39 is 0 Å². The van der Waals surface area contributed by atoms with E-state index in [1.807, 2.05) is 11.6 Å². The zero-order valence-corrected chi connectivity index (χ0v) is 10.3. The van der Waals surface area contributed by atoms with Crippen molar-refractivity contribution in [2.75, 3.05) is 13.1 Å². The molecule has 1 aliphatic rings. The lowest BCUT2D eigenvalue weighted by molar-refractivity contribution is 0.448. The van der Waals surface area contributed by atoms with Crippen LogP contribution >= 0.6 is 0 Å². The van der Waals surface area contributed by atoms with Gasteiger partial charge >= 0.3 is 0 Å². The maximum Gasteiger partial charge on any atom is 0.0648 e. The van der Waals surface area contributed by atoms with Crippen LogP contribution in [0.5, 0.6) is 0 Å². The second-order valence-electron chi connectivity index (χ2n) is 4.79. The molecule has 1 fully saturated rings. The molecule has 0 radical (unpaired) electrons. The molecule has 2 aromatic rings. The smallest absolute Gasteiger partial charge is 0.0648 e. The van der Waals surface area contributed by atoms with E-state index in [9.17, 15) is 0 Å². The Bertz CT molecular complexity index is 521. The molecule has 3 nitrogen and oxygen atoms in total. The monoisotopic (exact) mass is 227 g/mol. The molecule has 0 bridgehead atoms. The molecule has 17 heavy (non-hydrogen) atoms. The summed E-state index contributed by atoms with van der Waals surface area (Å²) in [5, 5.41) is 7.79. The summed E-state index contributed by atoms with van der Waals surface area (Å²) >= 11 is 0. The molecule has 0 atom stereocenters. The average Bonchev–Trinajstić information content (AvgIpc) is 2.57. The highest BCUT2D eigenvalue weighted by atomic mass is 15.3. The molecule has 1 aromatic carbocycles. The predicted octanol–water partition coefficient (Wildman–Crippen LogP) is 2.18. The van der Waals surface area contributed by atoms with E-state index in [0.717, 1.165) is 24.5 Å². The lowest BCUT2D eigenvalue weighted by atomic mass is 9.94. The molecular formula is C14H17N3. The van der Waals surface area contributed by atoms with Gasteiger partial charge in [0.1, 0.15) is 0 Å². The van der Waals surface area contributed by atoms with Crippen molar-refractivity contribution in [3.05, 3.63) is 47.3 Å². The van der Waals surface area contributed by atoms with Crippen molar-refractivity contribution in [2.45, 2.75) is 19.8 Å². The third-order valence-corrected chi connectivity index (χ3v) is 3.40. The normalized spacial score (nSPS) is 15.9. The second kappa shape index (κ2) is 4.00. The van der Waals surface area contributed by atoms with Gasteiger partial charge in [-0.25, -0.2) is 4.68 Å². The van der Waals surface area contributed by atoms with E-state index in [1.165, 1.54) is 11.3 Å². The van der Waals surface area contributed by atoms with Crippen LogP contribution in [0.2, 0.25) is 0 Å². The molecule has 88 valence electrons. The Labute approximate surface area is 101 Å². The standard InChI is InChI=1S/C14H17N3/c1-10-7-11(2)17(16-10)14-5-3-12(4-6-14)13-8-15-9-13/h3-7,13,15H,8-9H2,1-2H3. The van der Waals surface area contributed by atoms with E-state index in [1.54, 1.807) is 0 Å². The lowest BCUT2D eigenvalue weighted by Crippen LogP contribution is -2.39. The Morgan fingerprint density at radius 2 is 1.88 bits per heavy atom. The summed E-state index contributed by atoms with van der Waals surface area (Å²) in [6.45, 7) is 6.33. The van der Waals surface area contributed by atoms with Crippen LogP contribution in [0.1, 0.15) is 22.9 Å². The van der Waals surface area contributed by atoms with Crippen molar-refractivity contribution >= 4 is 0 Å². The number of nitrogens with one attached hydrogen (secondary N) is 1. The summed E-state index contributed by atoms with van der Waals surface area (Å²) in [5.74, 6) is 0.699. The van der Waals surface area contributed by atoms with Gasteiger partial charge in [-0.05, 0) is 37.6 Å². The number of rotatable bonds is 2. The summed E-state index contributed by atoms with van der Waals surface area (Å²) in [4.78, 5) is 0. The van der Waals surface area contributed by atoms with Gasteiger partial charge in [0.25, 0.3) is 0 Å². The van der Waals surface area contributed by atoms with Gasteiger partial charge in [0.2, 0.25) is 0 Å². The van der Waals surface area contributed by atoms with Crippen LogP contribution in [0, 0.1) is 13.8 Å². The first-order chi connectivity index (χ1) is 8.24. The topological polar surface area (TPSA) is 29.9 Å². The molecule has 3 heteroatoms. The first-order valence-corrected chi connectivity index (χ1v) is 6.08. The molecular weight excluding hydrogens is 210 g/mol. The number of nitrogens with zero attached hydrogens (tertiary/aromatic N) is 2. The minimum atomic E-state index is 0.699. The van der Waals surface area contributed by atoms with Crippen molar-refractivity contribution < 1.29 is 0 Å². The van der Waals surface area contributed by atoms with Crippen molar-refractivity contribution in [1.29, 1.82) is 0 Å². The van der Waals surface area contributed by atoms with Gasteiger partial charge in [-0.1, -0.05) is 12.1 Å². The van der Waals surface area contributed by atoms with Crippen molar-refractivity contribution in [2.24, 2.45) is 0 Å². The minimum absolute atomic E-state index is 0.699. The van der Waals surface area contributed by atoms with Gasteiger partial charge in [0.15, 0.2) is 0 Å². The number of aromatic nitrogens is 2. The van der Waals surface area contributed by atoms with Crippen molar-refractivity contribution in [1.82, 2.24) is 15.1 Å². The van der Waals surface area contributed by atoms with Crippen LogP contribution in [0.3, 0.4) is 0 Å². The zero-order chi connectivity index (χ0) is 11.8. The van der Waals surface area contributed by atoms with Gasteiger partial charge in [-0.3, -0.25) is 0 Å². The lowest BCUT2D eigenvalue weighted by Gasteiger charge is -2.27. The average molecular weight is 227 g/mol. The number of benzene rings is 1. The highest BCUT2D eigenvalue weighted by molar-refractivity contribution is 5.37. The first-order valence-electron chi connectivity index (χ1n) is 6.08. The Balaban J connectivity index is 1.91. The molecule has 2 heterocycles. The van der Waals surface area contributed by atoms with Crippen LogP contribution in [-0.2, 0) is 0 Å². The summed E-state index contributed by atoms with van der Waals surface area (Å²) in [5.41, 5.74) is 4.82. The fraction of sp³-hybridized carbons (Fsp3) is 0.357. The summed E-state index contributed by atoms with van der Waals surface area (Å²) in [7, 11) is 0. The highest BCUT2D eigenvalue weighted by Gasteiger charge is 2.18. The maximum absolute atomic E-state index is 4.49. The fourth-order valence-electron chi connectivity index (χ4n) is 2.30. The molecule has 0 amide bonds. The van der Waals surface area contributed by atoms with Crippen molar-refractivity contribution in [3.63, 3.8) is 0 Å². The van der Waals surface area contributed by atoms with Gasteiger partial charge in [-0.2, -0.15) is 5.10 Å². The number of hydrogen-bond donors (Lipinski definition) is 1. The predicted molar refractivity (Wildman–Crippen MR) is 68.6 cm³/mol. The third-order valence-electron chi connectivity index (χ3n) is 3.40. The fourth-order valence-corrected chi connectivity index (χ4v) is 2.30. The Hall–Kier alpha value is -1.61. The zero-order valence-electron chi connectivity index (χ0n) is 10.3. The third kappa shape index (κ3) is 1.87. The molecule has 1 N–H and O–H groups in total. The Kier molecular flexibility index (Phi) is 2.48. The van der Waals surface area contributed by atoms with Gasteiger partial charge in [-0.15, -0.1) is 0 Å². The molecule has 1 aromatic heterocycles. The number of hydrogen-bond acceptors (Lipinski definition) is 2. The summed E-state index contributed by atoms with van der Waals surface area (Å²) in [6, 6.07) is 10.9. The van der Waals surface area contributed by atoms with Crippen LogP contribution in [-0.4, -0.2) is 22.9 Å². The quantitative estimate of drug-likeness (QED) is 0.852. The molecule has 0 spiro atoms. The van der Waals surface area contributed by atoms with E-state index in [0.29, 0.717) is 5.92 Å². The Morgan fingerprint density at radius 3 is 2.35 bits per heavy atom. The molecule has 1 aliphatic heterocycles. The van der Waals surface area contributed by atoms with E-state index >= 15 is 0 Å². The van der Waals surface area contributed by atoms with Crippen LogP contribution in [0.4, 0.5) is 0 Å². The molecule has 3 rings (SSSR count). The van der Waals surface area contributed by atoms with E-state index in [2.05, 4.69) is 47.7 Å². The minimum Gasteiger partial charge on any atom is -0.315 e. The SMILES string of the molecule is Cc1cc(C)n(-c2ccc(C3CNC3)cc2)n1. The van der Waals surface area contributed by atoms with E-state index in [-0.39, 0.29) is 0 Å². The van der Waals surface area contributed by atoms with Gasteiger partial charge in [0.05, 0.1) is 11.4 Å². The number of aryl methyl sites for hydroxylation is 2. The van der Waals surface area contributed by atoms with Gasteiger partial charge < -0.3 is 5.32 Å². The Morgan fingerprint density at radius 1 is 1.18 bits per heavy atom. The van der Waals surface area contributed by atoms with Crippen LogP contribution in [0.25, 0.3) is 5.69 Å². The van der Waals surface area contributed by atoms with Crippen LogP contribution < -0.4 is 5.32 Å². The van der Waals surface area contributed by atoms with E-state index in [4.69, 9.17) is 0 Å². The molecule has 1 saturated heterocycles. The van der Waals surface area contributed by atoms with Gasteiger partial charge in [0, 0.05) is 24.7 Å². The van der Waals surface area contributed by atoms with Crippen LogP contribution in [0.15, 0.2) is 30.3 Å². The molecule has 0 aliphatic carbocycles. The summed E-state index contributed by atoms with van der Waals surface area (Å²) in [6.07, 6.45) is 0. The largest absolute Gasteiger partial charge is 0.315 e. The maximum atomic E-state index is 4.49. The van der Waals surface area contributed by atoms with Crippen molar-refractivity contribution in [3.8, 4) is 5.69 Å². The molecule has 0 unspecified atom stereocenters.